The molecule has 0 heterocycles. The van der Waals surface area contributed by atoms with Gasteiger partial charge in [-0.05, 0) is 34.1 Å². The standard InChI is InChI=1S/C10H19B2O3/c1-9(2,14)10(3,4)15-12-8(13)6-5-7-11/h6,13-14H,5,7H2,1-4H3/b8-6-. The van der Waals surface area contributed by atoms with Crippen LogP contribution in [0.3, 0.4) is 0 Å². The molecule has 0 aromatic rings. The van der Waals surface area contributed by atoms with Crippen molar-refractivity contribution in [2.45, 2.75) is 51.6 Å². The quantitative estimate of drug-likeness (QED) is 0.515. The number of hydrogen-bond acceptors (Lipinski definition) is 3. The molecular weight excluding hydrogens is 190 g/mol. The first-order valence-corrected chi connectivity index (χ1v) is 5.03. The maximum atomic E-state index is 9.77. The minimum absolute atomic E-state index is 0.0257. The van der Waals surface area contributed by atoms with Gasteiger partial charge in [0.25, 0.3) is 0 Å². The Labute approximate surface area is 94.2 Å². The zero-order chi connectivity index (χ0) is 12.1. The molecule has 0 fully saturated rings. The topological polar surface area (TPSA) is 49.7 Å². The normalized spacial score (nSPS) is 14.1. The van der Waals surface area contributed by atoms with Gasteiger partial charge in [0.15, 0.2) is 0 Å². The zero-order valence-corrected chi connectivity index (χ0v) is 9.95. The SMILES string of the molecule is [B]CC/C=C(\O)[B]OC(C)(C)C(C)(C)O. The van der Waals surface area contributed by atoms with Crippen molar-refractivity contribution < 1.29 is 14.9 Å². The number of rotatable bonds is 6. The van der Waals surface area contributed by atoms with Gasteiger partial charge in [0, 0.05) is 0 Å². The first-order chi connectivity index (χ1) is 6.70. The number of hydrogen-bond donors (Lipinski definition) is 2. The fraction of sp³-hybridized carbons (Fsp3) is 0.800. The van der Waals surface area contributed by atoms with Crippen molar-refractivity contribution in [3.63, 3.8) is 0 Å². The van der Waals surface area contributed by atoms with E-state index in [0.29, 0.717) is 12.7 Å². The molecule has 0 atom stereocenters. The molecule has 0 spiro atoms. The molecule has 15 heavy (non-hydrogen) atoms. The predicted octanol–water partition coefficient (Wildman–Crippen LogP) is 1.55. The summed E-state index contributed by atoms with van der Waals surface area (Å²) in [5, 5.41) is 19.1. The lowest BCUT2D eigenvalue weighted by Gasteiger charge is -2.37. The maximum Gasteiger partial charge on any atom is 0.374 e. The number of aliphatic hydroxyl groups is 2. The van der Waals surface area contributed by atoms with Crippen molar-refractivity contribution >= 4 is 15.3 Å². The van der Waals surface area contributed by atoms with Crippen molar-refractivity contribution in [3.8, 4) is 0 Å². The van der Waals surface area contributed by atoms with Gasteiger partial charge in [-0.25, -0.2) is 0 Å². The summed E-state index contributed by atoms with van der Waals surface area (Å²) >= 11 is 0. The second-order valence-corrected chi connectivity index (χ2v) is 4.51. The summed E-state index contributed by atoms with van der Waals surface area (Å²) < 4.78 is 5.32. The lowest BCUT2D eigenvalue weighted by molar-refractivity contribution is -0.0903. The fourth-order valence-electron chi connectivity index (χ4n) is 0.631. The Morgan fingerprint density at radius 1 is 1.40 bits per heavy atom. The van der Waals surface area contributed by atoms with Crippen molar-refractivity contribution in [1.82, 2.24) is 0 Å². The second kappa shape index (κ2) is 5.61. The molecule has 0 saturated carbocycles. The monoisotopic (exact) mass is 209 g/mol. The smallest absolute Gasteiger partial charge is 0.374 e. The van der Waals surface area contributed by atoms with E-state index in [1.165, 1.54) is 7.48 Å². The second-order valence-electron chi connectivity index (χ2n) is 4.51. The van der Waals surface area contributed by atoms with E-state index in [-0.39, 0.29) is 5.66 Å². The zero-order valence-electron chi connectivity index (χ0n) is 9.95. The highest BCUT2D eigenvalue weighted by Gasteiger charge is 2.35. The van der Waals surface area contributed by atoms with Gasteiger partial charge in [0.2, 0.25) is 0 Å². The van der Waals surface area contributed by atoms with Crippen molar-refractivity contribution in [1.29, 1.82) is 0 Å². The molecule has 0 aliphatic carbocycles. The first-order valence-electron chi connectivity index (χ1n) is 5.03. The maximum absolute atomic E-state index is 9.77. The molecule has 0 unspecified atom stereocenters. The van der Waals surface area contributed by atoms with E-state index in [1.807, 2.05) is 0 Å². The summed E-state index contributed by atoms with van der Waals surface area (Å²) in [6.07, 6.45) is 2.64. The van der Waals surface area contributed by atoms with Crippen LogP contribution in [0.5, 0.6) is 0 Å². The van der Waals surface area contributed by atoms with Crippen LogP contribution in [0.4, 0.5) is 0 Å². The van der Waals surface area contributed by atoms with Gasteiger partial charge in [-0.1, -0.05) is 12.4 Å². The van der Waals surface area contributed by atoms with Crippen LogP contribution >= 0.6 is 0 Å². The minimum Gasteiger partial charge on any atom is -0.520 e. The Balaban J connectivity index is 4.15. The van der Waals surface area contributed by atoms with Crippen molar-refractivity contribution in [2.75, 3.05) is 0 Å². The molecule has 0 amide bonds. The number of aliphatic hydroxyl groups excluding tert-OH is 1. The molecule has 2 N–H and O–H groups in total. The summed E-state index contributed by atoms with van der Waals surface area (Å²) in [6.45, 7) is 6.81. The summed E-state index contributed by atoms with van der Waals surface area (Å²) in [6, 6.07) is 0. The van der Waals surface area contributed by atoms with E-state index >= 15 is 0 Å². The van der Waals surface area contributed by atoms with Crippen LogP contribution in [0.2, 0.25) is 6.32 Å². The summed E-state index contributed by atoms with van der Waals surface area (Å²) in [7, 11) is 6.51. The Bertz CT molecular complexity index is 219. The van der Waals surface area contributed by atoms with E-state index in [9.17, 15) is 10.2 Å². The minimum atomic E-state index is -0.988. The van der Waals surface area contributed by atoms with E-state index in [2.05, 4.69) is 0 Å². The largest absolute Gasteiger partial charge is 0.520 e. The van der Waals surface area contributed by atoms with E-state index in [1.54, 1.807) is 33.8 Å². The highest BCUT2D eigenvalue weighted by Crippen LogP contribution is 2.24. The van der Waals surface area contributed by atoms with E-state index < -0.39 is 11.2 Å². The Hall–Kier alpha value is -0.410. The molecule has 0 aromatic heterocycles. The number of allylic oxidation sites excluding steroid dienone is 1. The van der Waals surface area contributed by atoms with Gasteiger partial charge in [-0.3, -0.25) is 0 Å². The molecule has 3 radical (unpaired) electrons. The molecule has 83 valence electrons. The summed E-state index contributed by atoms with van der Waals surface area (Å²) in [5.41, 5.74) is -1.73. The van der Waals surface area contributed by atoms with E-state index in [0.717, 1.165) is 0 Å². The Kier molecular flexibility index (Phi) is 5.46. The highest BCUT2D eigenvalue weighted by atomic mass is 16.5. The van der Waals surface area contributed by atoms with E-state index in [4.69, 9.17) is 12.5 Å². The van der Waals surface area contributed by atoms with Crippen molar-refractivity contribution in [3.05, 3.63) is 11.7 Å². The van der Waals surface area contributed by atoms with Gasteiger partial charge < -0.3 is 14.9 Å². The van der Waals surface area contributed by atoms with Gasteiger partial charge in [0.05, 0.1) is 24.7 Å². The van der Waals surface area contributed by atoms with Crippen LogP contribution < -0.4 is 0 Å². The van der Waals surface area contributed by atoms with Crippen LogP contribution in [-0.2, 0) is 4.65 Å². The average Bonchev–Trinajstić information content (AvgIpc) is 2.09. The van der Waals surface area contributed by atoms with Gasteiger partial charge in [-0.15, -0.1) is 0 Å². The molecule has 0 saturated heterocycles. The lowest BCUT2D eigenvalue weighted by Crippen LogP contribution is -2.48. The molecule has 0 aromatic carbocycles. The summed E-state index contributed by atoms with van der Waals surface area (Å²) in [4.78, 5) is 0. The van der Waals surface area contributed by atoms with Crippen LogP contribution in [0, 0.1) is 0 Å². The molecule has 0 aliphatic rings. The van der Waals surface area contributed by atoms with Crippen LogP contribution in [-0.4, -0.2) is 36.7 Å². The molecule has 3 nitrogen and oxygen atoms in total. The molecule has 0 aliphatic heterocycles. The van der Waals surface area contributed by atoms with Crippen LogP contribution in [0.15, 0.2) is 11.7 Å². The van der Waals surface area contributed by atoms with Crippen LogP contribution in [0.25, 0.3) is 0 Å². The average molecular weight is 209 g/mol. The Morgan fingerprint density at radius 3 is 2.33 bits per heavy atom. The lowest BCUT2D eigenvalue weighted by atomic mass is 9.85. The predicted molar refractivity (Wildman–Crippen MR) is 63.1 cm³/mol. The fourth-order valence-corrected chi connectivity index (χ4v) is 0.631. The first kappa shape index (κ1) is 14.6. The van der Waals surface area contributed by atoms with Crippen LogP contribution in [0.1, 0.15) is 34.1 Å². The van der Waals surface area contributed by atoms with Gasteiger partial charge in [-0.2, -0.15) is 0 Å². The van der Waals surface area contributed by atoms with Crippen molar-refractivity contribution in [2.24, 2.45) is 0 Å². The third kappa shape index (κ3) is 5.28. The third-order valence-electron chi connectivity index (χ3n) is 2.47. The molecule has 5 heteroatoms. The van der Waals surface area contributed by atoms with Gasteiger partial charge in [0.1, 0.15) is 0 Å². The molecule has 0 rings (SSSR count). The Morgan fingerprint density at radius 2 is 1.93 bits per heavy atom. The van der Waals surface area contributed by atoms with Gasteiger partial charge >= 0.3 is 7.48 Å². The summed E-state index contributed by atoms with van der Waals surface area (Å²) in [5.74, 6) is 0. The molecule has 0 bridgehead atoms. The highest BCUT2D eigenvalue weighted by molar-refractivity contribution is 6.36. The molecular formula is C10H19B2O3. The third-order valence-corrected chi connectivity index (χ3v) is 2.47.